The minimum atomic E-state index is 0.347. The molecule has 0 aliphatic heterocycles. The topological polar surface area (TPSA) is 21.3 Å². The Morgan fingerprint density at radius 1 is 1.21 bits per heavy atom. The van der Waals surface area contributed by atoms with Gasteiger partial charge in [0.05, 0.1) is 12.1 Å². The van der Waals surface area contributed by atoms with Crippen LogP contribution in [0.1, 0.15) is 49.3 Å². The fourth-order valence-electron chi connectivity index (χ4n) is 3.42. The van der Waals surface area contributed by atoms with E-state index in [1.807, 2.05) is 0 Å². The number of hydrogen-bond acceptors (Lipinski definition) is 2. The zero-order valence-electron chi connectivity index (χ0n) is 11.9. The fraction of sp³-hybridized carbons (Fsp3) is 0.647. The monoisotopic (exact) mass is 259 g/mol. The van der Waals surface area contributed by atoms with Crippen molar-refractivity contribution in [2.75, 3.05) is 13.7 Å². The summed E-state index contributed by atoms with van der Waals surface area (Å²) in [5.41, 5.74) is 2.92. The van der Waals surface area contributed by atoms with Crippen LogP contribution in [0.2, 0.25) is 0 Å². The van der Waals surface area contributed by atoms with E-state index >= 15 is 0 Å². The lowest BCUT2D eigenvalue weighted by Gasteiger charge is -2.34. The van der Waals surface area contributed by atoms with Gasteiger partial charge in [0.2, 0.25) is 0 Å². The van der Waals surface area contributed by atoms with Gasteiger partial charge < -0.3 is 10.1 Å². The zero-order valence-corrected chi connectivity index (χ0v) is 11.9. The lowest BCUT2D eigenvalue weighted by atomic mass is 9.83. The molecule has 1 aromatic carbocycles. The maximum absolute atomic E-state index is 6.19. The van der Waals surface area contributed by atoms with Crippen molar-refractivity contribution < 1.29 is 4.74 Å². The van der Waals surface area contributed by atoms with Gasteiger partial charge in [0, 0.05) is 6.61 Å². The van der Waals surface area contributed by atoms with E-state index in [-0.39, 0.29) is 0 Å². The molecule has 2 aliphatic carbocycles. The minimum Gasteiger partial charge on any atom is -0.376 e. The molecule has 2 unspecified atom stereocenters. The van der Waals surface area contributed by atoms with E-state index in [0.717, 1.165) is 25.4 Å². The average Bonchev–Trinajstić information content (AvgIpc) is 2.41. The number of fused-ring (bicyclic) bond motifs is 1. The summed E-state index contributed by atoms with van der Waals surface area (Å²) in [6, 6.07) is 9.15. The summed E-state index contributed by atoms with van der Waals surface area (Å²) in [6.45, 7) is 0.940. The van der Waals surface area contributed by atoms with E-state index in [9.17, 15) is 0 Å². The van der Waals surface area contributed by atoms with E-state index in [1.54, 1.807) is 0 Å². The predicted molar refractivity (Wildman–Crippen MR) is 78.3 cm³/mol. The number of aryl methyl sites for hydroxylation is 1. The molecule has 19 heavy (non-hydrogen) atoms. The van der Waals surface area contributed by atoms with Crippen LogP contribution < -0.4 is 5.32 Å². The summed E-state index contributed by atoms with van der Waals surface area (Å²) < 4.78 is 6.19. The summed E-state index contributed by atoms with van der Waals surface area (Å²) in [5, 5.41) is 3.45. The Labute approximate surface area is 116 Å². The summed E-state index contributed by atoms with van der Waals surface area (Å²) in [5.74, 6) is 0.948. The number of rotatable bonds is 5. The van der Waals surface area contributed by atoms with Crippen LogP contribution in [0.15, 0.2) is 24.3 Å². The van der Waals surface area contributed by atoms with Gasteiger partial charge >= 0.3 is 0 Å². The van der Waals surface area contributed by atoms with Crippen molar-refractivity contribution in [3.63, 3.8) is 0 Å². The van der Waals surface area contributed by atoms with Crippen LogP contribution in [0.5, 0.6) is 0 Å². The van der Waals surface area contributed by atoms with Gasteiger partial charge in [-0.1, -0.05) is 43.5 Å². The van der Waals surface area contributed by atoms with E-state index in [1.165, 1.54) is 36.8 Å². The molecule has 1 aromatic rings. The van der Waals surface area contributed by atoms with Crippen molar-refractivity contribution in [3.8, 4) is 0 Å². The van der Waals surface area contributed by atoms with Crippen molar-refractivity contribution in [1.82, 2.24) is 5.32 Å². The third-order valence-corrected chi connectivity index (χ3v) is 4.85. The molecule has 3 rings (SSSR count). The molecule has 1 fully saturated rings. The third-order valence-electron chi connectivity index (χ3n) is 4.85. The average molecular weight is 259 g/mol. The number of hydrogen-bond donors (Lipinski definition) is 1. The number of likely N-dealkylation sites (N-methyl/N-ethyl adjacent to an activating group) is 1. The molecule has 0 saturated heterocycles. The molecule has 0 spiro atoms. The normalized spacial score (nSPS) is 26.8. The van der Waals surface area contributed by atoms with Crippen molar-refractivity contribution in [2.24, 2.45) is 5.92 Å². The smallest absolute Gasteiger partial charge is 0.0772 e. The molecule has 2 nitrogen and oxygen atoms in total. The van der Waals surface area contributed by atoms with Gasteiger partial charge in [0.25, 0.3) is 0 Å². The molecule has 2 heteroatoms. The third kappa shape index (κ3) is 2.85. The molecule has 0 heterocycles. The lowest BCUT2D eigenvalue weighted by Crippen LogP contribution is -2.36. The minimum absolute atomic E-state index is 0.347. The van der Waals surface area contributed by atoms with Gasteiger partial charge in [-0.15, -0.1) is 0 Å². The quantitative estimate of drug-likeness (QED) is 0.874. The Hall–Kier alpha value is -0.860. The summed E-state index contributed by atoms with van der Waals surface area (Å²) >= 11 is 0. The lowest BCUT2D eigenvalue weighted by molar-refractivity contribution is 0.00629. The maximum Gasteiger partial charge on any atom is 0.0772 e. The predicted octanol–water partition coefficient (Wildman–Crippen LogP) is 3.47. The SMILES string of the molecule is CNC1c2ccccc2CCC1OCCC1CCC1. The van der Waals surface area contributed by atoms with E-state index in [4.69, 9.17) is 4.74 Å². The first kappa shape index (κ1) is 13.1. The summed E-state index contributed by atoms with van der Waals surface area (Å²) in [6.07, 6.45) is 8.18. The van der Waals surface area contributed by atoms with Gasteiger partial charge in [0.15, 0.2) is 0 Å². The van der Waals surface area contributed by atoms with Crippen molar-refractivity contribution in [2.45, 2.75) is 50.7 Å². The first-order valence-electron chi connectivity index (χ1n) is 7.75. The number of ether oxygens (including phenoxy) is 1. The molecular weight excluding hydrogens is 234 g/mol. The van der Waals surface area contributed by atoms with E-state index < -0.39 is 0 Å². The molecule has 104 valence electrons. The Bertz CT molecular complexity index is 413. The van der Waals surface area contributed by atoms with Crippen LogP contribution >= 0.6 is 0 Å². The molecule has 0 amide bonds. The molecular formula is C17H25NO. The Kier molecular flexibility index (Phi) is 4.19. The molecule has 2 aliphatic rings. The number of nitrogens with one attached hydrogen (secondary N) is 1. The first-order valence-corrected chi connectivity index (χ1v) is 7.75. The van der Waals surface area contributed by atoms with Crippen LogP contribution in [-0.4, -0.2) is 19.8 Å². The molecule has 0 radical (unpaired) electrons. The van der Waals surface area contributed by atoms with Gasteiger partial charge in [0.1, 0.15) is 0 Å². The Morgan fingerprint density at radius 3 is 2.79 bits per heavy atom. The number of benzene rings is 1. The standard InChI is InChI=1S/C17H25NO/c1-18-17-15-8-3-2-7-14(15)9-10-16(17)19-12-11-13-5-4-6-13/h2-3,7-8,13,16-18H,4-6,9-12H2,1H3. The Morgan fingerprint density at radius 2 is 2.05 bits per heavy atom. The van der Waals surface area contributed by atoms with Crippen LogP contribution in [0.25, 0.3) is 0 Å². The second-order valence-electron chi connectivity index (χ2n) is 6.00. The van der Waals surface area contributed by atoms with Crippen LogP contribution in [0.4, 0.5) is 0 Å². The van der Waals surface area contributed by atoms with E-state index in [2.05, 4.69) is 36.6 Å². The van der Waals surface area contributed by atoms with Gasteiger partial charge in [-0.25, -0.2) is 0 Å². The molecule has 0 bridgehead atoms. The zero-order chi connectivity index (χ0) is 13.1. The second kappa shape index (κ2) is 6.06. The molecule has 1 N–H and O–H groups in total. The maximum atomic E-state index is 6.19. The highest BCUT2D eigenvalue weighted by Gasteiger charge is 2.29. The Balaban J connectivity index is 1.59. The van der Waals surface area contributed by atoms with Crippen LogP contribution in [-0.2, 0) is 11.2 Å². The van der Waals surface area contributed by atoms with Gasteiger partial charge in [-0.05, 0) is 43.4 Å². The summed E-state index contributed by atoms with van der Waals surface area (Å²) in [4.78, 5) is 0. The largest absolute Gasteiger partial charge is 0.376 e. The summed E-state index contributed by atoms with van der Waals surface area (Å²) in [7, 11) is 2.05. The van der Waals surface area contributed by atoms with Gasteiger partial charge in [-0.3, -0.25) is 0 Å². The molecule has 2 atom stereocenters. The van der Waals surface area contributed by atoms with Crippen LogP contribution in [0.3, 0.4) is 0 Å². The highest BCUT2D eigenvalue weighted by molar-refractivity contribution is 5.33. The van der Waals surface area contributed by atoms with Gasteiger partial charge in [-0.2, -0.15) is 0 Å². The fourth-order valence-corrected chi connectivity index (χ4v) is 3.42. The highest BCUT2D eigenvalue weighted by Crippen LogP contribution is 2.33. The van der Waals surface area contributed by atoms with Crippen molar-refractivity contribution in [3.05, 3.63) is 35.4 Å². The van der Waals surface area contributed by atoms with Crippen molar-refractivity contribution in [1.29, 1.82) is 0 Å². The first-order chi connectivity index (χ1) is 9.38. The molecule has 0 aromatic heterocycles. The van der Waals surface area contributed by atoms with Crippen LogP contribution in [0, 0.1) is 5.92 Å². The molecule has 1 saturated carbocycles. The highest BCUT2D eigenvalue weighted by atomic mass is 16.5. The van der Waals surface area contributed by atoms with E-state index in [0.29, 0.717) is 12.1 Å². The second-order valence-corrected chi connectivity index (χ2v) is 6.00. The van der Waals surface area contributed by atoms with Crippen molar-refractivity contribution >= 4 is 0 Å².